The molecule has 0 aromatic heterocycles. The van der Waals surface area contributed by atoms with Crippen LogP contribution in [-0.4, -0.2) is 18.4 Å². The molecule has 4 nitrogen and oxygen atoms in total. The van der Waals surface area contributed by atoms with Gasteiger partial charge in [-0.25, -0.2) is 0 Å². The highest BCUT2D eigenvalue weighted by Crippen LogP contribution is 2.19. The van der Waals surface area contributed by atoms with E-state index in [1.54, 1.807) is 13.3 Å². The first-order valence-electron chi connectivity index (χ1n) is 5.03. The molecule has 1 aromatic rings. The smallest absolute Gasteiger partial charge is 0.184 e. The van der Waals surface area contributed by atoms with E-state index in [1.165, 1.54) is 0 Å². The zero-order valence-corrected chi connectivity index (χ0v) is 10.5. The van der Waals surface area contributed by atoms with E-state index >= 15 is 0 Å². The van der Waals surface area contributed by atoms with Gasteiger partial charge in [0.1, 0.15) is 5.75 Å². The Morgan fingerprint density at radius 3 is 3.00 bits per heavy atom. The third kappa shape index (κ3) is 4.24. The molecule has 0 unspecified atom stereocenters. The van der Waals surface area contributed by atoms with Crippen molar-refractivity contribution >= 4 is 23.5 Å². The molecule has 17 heavy (non-hydrogen) atoms. The lowest BCUT2D eigenvalue weighted by molar-refractivity contribution is 0.410. The number of hydrogen-bond acceptors (Lipinski definition) is 3. The number of nitrogens with zero attached hydrogens (tertiary/aromatic N) is 1. The summed E-state index contributed by atoms with van der Waals surface area (Å²) in [6.07, 6.45) is 4.21. The second kappa shape index (κ2) is 6.65. The Bertz CT molecular complexity index is 443. The van der Waals surface area contributed by atoms with Crippen molar-refractivity contribution in [1.29, 1.82) is 0 Å². The Balaban J connectivity index is 2.87. The molecule has 0 atom stereocenters. The summed E-state index contributed by atoms with van der Waals surface area (Å²) >= 11 is 4.64. The molecule has 3 N–H and O–H groups in total. The summed E-state index contributed by atoms with van der Waals surface area (Å²) in [6, 6.07) is 5.77. The Hall–Kier alpha value is -1.88. The highest BCUT2D eigenvalue weighted by Gasteiger charge is 2.01. The van der Waals surface area contributed by atoms with E-state index in [0.29, 0.717) is 0 Å². The first-order chi connectivity index (χ1) is 8.17. The average Bonchev–Trinajstić information content (AvgIpc) is 2.29. The van der Waals surface area contributed by atoms with E-state index in [2.05, 4.69) is 29.3 Å². The summed E-state index contributed by atoms with van der Waals surface area (Å²) in [5.74, 6) is 0.837. The maximum Gasteiger partial charge on any atom is 0.184 e. The van der Waals surface area contributed by atoms with Crippen LogP contribution in [0.3, 0.4) is 0 Å². The monoisotopic (exact) mass is 249 g/mol. The number of hydrazone groups is 1. The fourth-order valence-electron chi connectivity index (χ4n) is 1.36. The van der Waals surface area contributed by atoms with Gasteiger partial charge in [-0.2, -0.15) is 5.10 Å². The van der Waals surface area contributed by atoms with Gasteiger partial charge >= 0.3 is 0 Å². The van der Waals surface area contributed by atoms with Crippen molar-refractivity contribution in [2.45, 2.75) is 6.42 Å². The largest absolute Gasteiger partial charge is 0.496 e. The van der Waals surface area contributed by atoms with Crippen LogP contribution in [0.5, 0.6) is 5.75 Å². The number of thiocarbonyl (C=S) groups is 1. The van der Waals surface area contributed by atoms with E-state index in [9.17, 15) is 0 Å². The van der Waals surface area contributed by atoms with Crippen LogP contribution in [0.15, 0.2) is 36.0 Å². The number of allylic oxidation sites excluding steroid dienone is 1. The average molecular weight is 249 g/mol. The van der Waals surface area contributed by atoms with Crippen LogP contribution in [0, 0.1) is 0 Å². The fraction of sp³-hybridized carbons (Fsp3) is 0.167. The van der Waals surface area contributed by atoms with Gasteiger partial charge in [0, 0.05) is 0 Å². The van der Waals surface area contributed by atoms with Crippen molar-refractivity contribution < 1.29 is 4.74 Å². The molecule has 0 saturated heterocycles. The van der Waals surface area contributed by atoms with Crippen LogP contribution in [0.25, 0.3) is 0 Å². The van der Waals surface area contributed by atoms with E-state index in [-0.39, 0.29) is 5.11 Å². The molecule has 5 heteroatoms. The molecular formula is C12H15N3OS. The summed E-state index contributed by atoms with van der Waals surface area (Å²) in [7, 11) is 1.64. The minimum absolute atomic E-state index is 0.140. The van der Waals surface area contributed by atoms with Crippen molar-refractivity contribution in [2.75, 3.05) is 7.11 Å². The Kier molecular flexibility index (Phi) is 5.16. The van der Waals surface area contributed by atoms with Gasteiger partial charge in [0.15, 0.2) is 5.11 Å². The molecule has 0 heterocycles. The van der Waals surface area contributed by atoms with Crippen molar-refractivity contribution in [1.82, 2.24) is 5.43 Å². The lowest BCUT2D eigenvalue weighted by atomic mass is 10.1. The number of methoxy groups -OCH3 is 1. The predicted octanol–water partition coefficient (Wildman–Crippen LogP) is 1.59. The minimum atomic E-state index is 0.140. The molecule has 0 amide bonds. The molecule has 90 valence electrons. The molecule has 0 aliphatic heterocycles. The standard InChI is InChI=1S/C12H15N3OS/c1-3-4-10-7-9(5-6-11(10)16-2)8-14-15-12(13)17/h3,5-8H,1,4H2,2H3,(H3,13,15,17). The molecular weight excluding hydrogens is 234 g/mol. The van der Waals surface area contributed by atoms with Crippen LogP contribution in [0.1, 0.15) is 11.1 Å². The summed E-state index contributed by atoms with van der Waals surface area (Å²) in [4.78, 5) is 0. The number of nitrogens with one attached hydrogen (secondary N) is 1. The Morgan fingerprint density at radius 2 is 2.41 bits per heavy atom. The normalized spacial score (nSPS) is 10.2. The predicted molar refractivity (Wildman–Crippen MR) is 74.4 cm³/mol. The lowest BCUT2D eigenvalue weighted by Gasteiger charge is -2.07. The molecule has 0 aliphatic carbocycles. The summed E-state index contributed by atoms with van der Waals surface area (Å²) in [6.45, 7) is 3.71. The molecule has 1 rings (SSSR count). The highest BCUT2D eigenvalue weighted by atomic mass is 32.1. The fourth-order valence-corrected chi connectivity index (χ4v) is 1.42. The zero-order valence-electron chi connectivity index (χ0n) is 9.64. The van der Waals surface area contributed by atoms with Crippen LogP contribution in [0.4, 0.5) is 0 Å². The molecule has 1 aromatic carbocycles. The van der Waals surface area contributed by atoms with Crippen LogP contribution < -0.4 is 15.9 Å². The third-order valence-electron chi connectivity index (χ3n) is 2.06. The van der Waals surface area contributed by atoms with Gasteiger partial charge in [-0.1, -0.05) is 6.08 Å². The lowest BCUT2D eigenvalue weighted by Crippen LogP contribution is -2.23. The second-order valence-electron chi connectivity index (χ2n) is 3.30. The molecule has 0 fully saturated rings. The maximum atomic E-state index is 5.25. The van der Waals surface area contributed by atoms with Crippen molar-refractivity contribution in [3.8, 4) is 5.75 Å². The second-order valence-corrected chi connectivity index (χ2v) is 3.74. The first-order valence-corrected chi connectivity index (χ1v) is 5.44. The molecule has 0 bridgehead atoms. The van der Waals surface area contributed by atoms with Crippen LogP contribution >= 0.6 is 12.2 Å². The number of benzene rings is 1. The minimum Gasteiger partial charge on any atom is -0.496 e. The van der Waals surface area contributed by atoms with Gasteiger partial charge in [0.25, 0.3) is 0 Å². The summed E-state index contributed by atoms with van der Waals surface area (Å²) in [5, 5.41) is 4.03. The van der Waals surface area contributed by atoms with E-state index in [4.69, 9.17) is 10.5 Å². The molecule has 0 radical (unpaired) electrons. The number of ether oxygens (including phenoxy) is 1. The Labute approximate surface area is 106 Å². The number of nitrogens with two attached hydrogens (primary N) is 1. The Morgan fingerprint density at radius 1 is 1.65 bits per heavy atom. The van der Waals surface area contributed by atoms with Gasteiger partial charge in [-0.15, -0.1) is 6.58 Å². The van der Waals surface area contributed by atoms with Crippen LogP contribution in [0.2, 0.25) is 0 Å². The van der Waals surface area contributed by atoms with E-state index in [0.717, 1.165) is 23.3 Å². The maximum absolute atomic E-state index is 5.25. The third-order valence-corrected chi connectivity index (χ3v) is 2.15. The SMILES string of the molecule is C=CCc1cc(C=NNC(N)=S)ccc1OC. The topological polar surface area (TPSA) is 59.6 Å². The molecule has 0 aliphatic rings. The van der Waals surface area contributed by atoms with Gasteiger partial charge < -0.3 is 10.5 Å². The molecule has 0 saturated carbocycles. The van der Waals surface area contributed by atoms with E-state index in [1.807, 2.05) is 24.3 Å². The van der Waals surface area contributed by atoms with Gasteiger partial charge in [-0.05, 0) is 48.0 Å². The van der Waals surface area contributed by atoms with Crippen LogP contribution in [-0.2, 0) is 6.42 Å². The first kappa shape index (κ1) is 13.2. The zero-order chi connectivity index (χ0) is 12.7. The van der Waals surface area contributed by atoms with Crippen molar-refractivity contribution in [2.24, 2.45) is 10.8 Å². The number of hydrogen-bond donors (Lipinski definition) is 2. The van der Waals surface area contributed by atoms with Crippen molar-refractivity contribution in [3.05, 3.63) is 42.0 Å². The highest BCUT2D eigenvalue weighted by molar-refractivity contribution is 7.80. The summed E-state index contributed by atoms with van der Waals surface area (Å²) < 4.78 is 5.25. The van der Waals surface area contributed by atoms with Gasteiger partial charge in [0.05, 0.1) is 13.3 Å². The number of rotatable bonds is 5. The molecule has 0 spiro atoms. The summed E-state index contributed by atoms with van der Waals surface area (Å²) in [5.41, 5.74) is 9.75. The van der Waals surface area contributed by atoms with E-state index < -0.39 is 0 Å². The quantitative estimate of drug-likeness (QED) is 0.360. The van der Waals surface area contributed by atoms with Crippen molar-refractivity contribution in [3.63, 3.8) is 0 Å². The van der Waals surface area contributed by atoms with Gasteiger partial charge in [0.2, 0.25) is 0 Å². The van der Waals surface area contributed by atoms with Gasteiger partial charge in [-0.3, -0.25) is 5.43 Å².